The number of likely N-dealkylation sites (N-methyl/N-ethyl adjacent to an activating group) is 1. The van der Waals surface area contributed by atoms with Crippen LogP contribution in [0, 0.1) is 0 Å². The van der Waals surface area contributed by atoms with Gasteiger partial charge in [0.15, 0.2) is 0 Å². The lowest BCUT2D eigenvalue weighted by Gasteiger charge is -2.35. The lowest BCUT2D eigenvalue weighted by molar-refractivity contribution is -0.135. The lowest BCUT2D eigenvalue weighted by Crippen LogP contribution is -2.51. The van der Waals surface area contributed by atoms with Gasteiger partial charge in [0.25, 0.3) is 0 Å². The van der Waals surface area contributed by atoms with Gasteiger partial charge in [-0.05, 0) is 34.9 Å². The van der Waals surface area contributed by atoms with Gasteiger partial charge in [-0.2, -0.15) is 0 Å². The van der Waals surface area contributed by atoms with Crippen molar-refractivity contribution in [3.8, 4) is 0 Å². The molecule has 3 amide bonds. The van der Waals surface area contributed by atoms with Crippen LogP contribution in [-0.4, -0.2) is 91.6 Å². The molecule has 0 bridgehead atoms. The van der Waals surface area contributed by atoms with Gasteiger partial charge in [-0.1, -0.05) is 0 Å². The minimum Gasteiger partial charge on any atom is -0.444 e. The quantitative estimate of drug-likeness (QED) is 0.750. The van der Waals surface area contributed by atoms with E-state index >= 15 is 0 Å². The topological polar surface area (TPSA) is 82.2 Å². The summed E-state index contributed by atoms with van der Waals surface area (Å²) in [6.45, 7) is 8.68. The lowest BCUT2D eigenvalue weighted by atomic mass is 10.2. The third kappa shape index (κ3) is 8.72. The minimum absolute atomic E-state index is 0.0494. The molecule has 1 N–H and O–H groups in total. The monoisotopic (exact) mass is 356 g/mol. The van der Waals surface area contributed by atoms with Crippen LogP contribution in [0.5, 0.6) is 0 Å². The van der Waals surface area contributed by atoms with Crippen LogP contribution in [0.1, 0.15) is 33.6 Å². The van der Waals surface area contributed by atoms with Crippen LogP contribution in [0.4, 0.5) is 4.79 Å². The zero-order valence-corrected chi connectivity index (χ0v) is 16.1. The van der Waals surface area contributed by atoms with Gasteiger partial charge in [0.2, 0.25) is 11.8 Å². The van der Waals surface area contributed by atoms with Gasteiger partial charge in [-0.25, -0.2) is 4.79 Å². The van der Waals surface area contributed by atoms with E-state index in [2.05, 4.69) is 5.32 Å². The fraction of sp³-hybridized carbons (Fsp3) is 0.824. The second-order valence-corrected chi connectivity index (χ2v) is 7.50. The van der Waals surface area contributed by atoms with Crippen LogP contribution < -0.4 is 5.32 Å². The summed E-state index contributed by atoms with van der Waals surface area (Å²) in [5.74, 6) is -0.158. The molecule has 8 heteroatoms. The Labute approximate surface area is 150 Å². The van der Waals surface area contributed by atoms with Crippen molar-refractivity contribution in [2.75, 3.05) is 53.4 Å². The van der Waals surface area contributed by atoms with Crippen LogP contribution in [0.25, 0.3) is 0 Å². The van der Waals surface area contributed by atoms with Crippen molar-refractivity contribution in [2.24, 2.45) is 0 Å². The second kappa shape index (κ2) is 9.60. The molecule has 0 aromatic rings. The Hall–Kier alpha value is -1.83. The molecule has 0 atom stereocenters. The third-order valence-corrected chi connectivity index (χ3v) is 3.73. The first-order chi connectivity index (χ1) is 11.6. The number of piperazine rings is 1. The van der Waals surface area contributed by atoms with Crippen LogP contribution >= 0.6 is 0 Å². The second-order valence-electron chi connectivity index (χ2n) is 7.50. The Morgan fingerprint density at radius 3 is 2.08 bits per heavy atom. The number of carbonyl (C=O) groups excluding carboxylic acids is 3. The maximum atomic E-state index is 12.2. The van der Waals surface area contributed by atoms with E-state index in [1.54, 1.807) is 9.80 Å². The molecule has 0 saturated carbocycles. The highest BCUT2D eigenvalue weighted by atomic mass is 16.6. The van der Waals surface area contributed by atoms with Gasteiger partial charge in [0.05, 0.1) is 0 Å². The molecule has 1 fully saturated rings. The summed E-state index contributed by atoms with van der Waals surface area (Å²) in [7, 11) is 3.87. The fourth-order valence-electron chi connectivity index (χ4n) is 2.35. The highest BCUT2D eigenvalue weighted by molar-refractivity contribution is 5.84. The standard InChI is InChI=1S/C17H32N4O4/c1-17(2,3)25-16(24)21-12-10-20(11-13-21)15(23)7-6-14(22)18-8-9-19(4)5/h6-13H2,1-5H3,(H,18,22). The number of nitrogens with zero attached hydrogens (tertiary/aromatic N) is 3. The van der Waals surface area contributed by atoms with Crippen molar-refractivity contribution in [1.29, 1.82) is 0 Å². The molecule has 1 heterocycles. The largest absolute Gasteiger partial charge is 0.444 e. The molecule has 0 radical (unpaired) electrons. The molecule has 25 heavy (non-hydrogen) atoms. The van der Waals surface area contributed by atoms with Crippen LogP contribution in [-0.2, 0) is 14.3 Å². The van der Waals surface area contributed by atoms with Gasteiger partial charge < -0.3 is 24.8 Å². The summed E-state index contributed by atoms with van der Waals surface area (Å²) in [5, 5.41) is 2.80. The first-order valence-electron chi connectivity index (χ1n) is 8.75. The molecule has 0 aliphatic carbocycles. The number of ether oxygens (including phenoxy) is 1. The Balaban J connectivity index is 2.27. The van der Waals surface area contributed by atoms with Gasteiger partial charge in [0, 0.05) is 52.1 Å². The highest BCUT2D eigenvalue weighted by Gasteiger charge is 2.27. The maximum Gasteiger partial charge on any atom is 0.410 e. The summed E-state index contributed by atoms with van der Waals surface area (Å²) in [5.41, 5.74) is -0.524. The van der Waals surface area contributed by atoms with Gasteiger partial charge in [-0.3, -0.25) is 9.59 Å². The van der Waals surface area contributed by atoms with Crippen molar-refractivity contribution in [1.82, 2.24) is 20.0 Å². The number of hydrogen-bond acceptors (Lipinski definition) is 5. The van der Waals surface area contributed by atoms with Crippen molar-refractivity contribution >= 4 is 17.9 Å². The normalized spacial score (nSPS) is 15.3. The molecule has 0 spiro atoms. The number of nitrogens with one attached hydrogen (secondary N) is 1. The number of hydrogen-bond donors (Lipinski definition) is 1. The summed E-state index contributed by atoms with van der Waals surface area (Å²) < 4.78 is 5.33. The summed E-state index contributed by atoms with van der Waals surface area (Å²) >= 11 is 0. The summed E-state index contributed by atoms with van der Waals surface area (Å²) in [4.78, 5) is 41.2. The van der Waals surface area contributed by atoms with Crippen LogP contribution in [0.15, 0.2) is 0 Å². The van der Waals surface area contributed by atoms with Gasteiger partial charge >= 0.3 is 6.09 Å². The van der Waals surface area contributed by atoms with Crippen molar-refractivity contribution < 1.29 is 19.1 Å². The molecule has 1 aliphatic heterocycles. The van der Waals surface area contributed by atoms with E-state index in [4.69, 9.17) is 4.74 Å². The summed E-state index contributed by atoms with van der Waals surface area (Å²) in [6, 6.07) is 0. The Morgan fingerprint density at radius 2 is 1.56 bits per heavy atom. The van der Waals surface area contributed by atoms with Crippen molar-refractivity contribution in [2.45, 2.75) is 39.2 Å². The number of rotatable bonds is 6. The predicted molar refractivity (Wildman–Crippen MR) is 95.2 cm³/mol. The van der Waals surface area contributed by atoms with E-state index in [0.717, 1.165) is 6.54 Å². The van der Waals surface area contributed by atoms with Crippen LogP contribution in [0.3, 0.4) is 0 Å². The van der Waals surface area contributed by atoms with Crippen molar-refractivity contribution in [3.63, 3.8) is 0 Å². The van der Waals surface area contributed by atoms with E-state index in [-0.39, 0.29) is 30.7 Å². The molecule has 8 nitrogen and oxygen atoms in total. The molecule has 1 aliphatic rings. The Morgan fingerprint density at radius 1 is 1.00 bits per heavy atom. The predicted octanol–water partition coefficient (Wildman–Crippen LogP) is 0.524. The molecule has 0 aromatic heterocycles. The summed E-state index contributed by atoms with van der Waals surface area (Å²) in [6.07, 6.45) is 0.0403. The molecule has 1 saturated heterocycles. The fourth-order valence-corrected chi connectivity index (χ4v) is 2.35. The first-order valence-corrected chi connectivity index (χ1v) is 8.75. The molecular weight excluding hydrogens is 324 g/mol. The van der Waals surface area contributed by atoms with E-state index in [1.807, 2.05) is 39.8 Å². The average molecular weight is 356 g/mol. The van der Waals surface area contributed by atoms with Gasteiger partial charge in [-0.15, -0.1) is 0 Å². The first kappa shape index (κ1) is 21.2. The zero-order chi connectivity index (χ0) is 19.0. The molecular formula is C17H32N4O4. The Bertz CT molecular complexity index is 466. The molecule has 0 aromatic carbocycles. The highest BCUT2D eigenvalue weighted by Crippen LogP contribution is 2.12. The molecule has 1 rings (SSSR count). The third-order valence-electron chi connectivity index (χ3n) is 3.73. The Kier molecular flexibility index (Phi) is 8.15. The average Bonchev–Trinajstić information content (AvgIpc) is 2.50. The zero-order valence-electron chi connectivity index (χ0n) is 16.1. The van der Waals surface area contributed by atoms with Crippen molar-refractivity contribution in [3.05, 3.63) is 0 Å². The van der Waals surface area contributed by atoms with Crippen LogP contribution in [0.2, 0.25) is 0 Å². The number of amides is 3. The van der Waals surface area contributed by atoms with E-state index in [1.165, 1.54) is 0 Å². The maximum absolute atomic E-state index is 12.2. The SMILES string of the molecule is CN(C)CCNC(=O)CCC(=O)N1CCN(C(=O)OC(C)(C)C)CC1. The molecule has 0 unspecified atom stereocenters. The van der Waals surface area contributed by atoms with E-state index in [0.29, 0.717) is 32.7 Å². The van der Waals surface area contributed by atoms with E-state index in [9.17, 15) is 14.4 Å². The van der Waals surface area contributed by atoms with E-state index < -0.39 is 5.60 Å². The number of carbonyl (C=O) groups is 3. The molecule has 144 valence electrons. The van der Waals surface area contributed by atoms with Gasteiger partial charge in [0.1, 0.15) is 5.60 Å². The minimum atomic E-state index is -0.524. The smallest absolute Gasteiger partial charge is 0.410 e.